The van der Waals surface area contributed by atoms with Crippen molar-refractivity contribution in [2.24, 2.45) is 0 Å². The fraction of sp³-hybridized carbons (Fsp3) is 0.250. The van der Waals surface area contributed by atoms with E-state index in [1.54, 1.807) is 0 Å². The third-order valence-corrected chi connectivity index (χ3v) is 4.32. The highest BCUT2D eigenvalue weighted by molar-refractivity contribution is 8.28. The second kappa shape index (κ2) is 7.42. The van der Waals surface area contributed by atoms with Crippen LogP contribution in [0.1, 0.15) is 0 Å². The summed E-state index contributed by atoms with van der Waals surface area (Å²) in [6.07, 6.45) is 0. The Morgan fingerprint density at radius 2 is 1.32 bits per heavy atom. The molecule has 0 heterocycles. The van der Waals surface area contributed by atoms with Gasteiger partial charge in [0.2, 0.25) is 0 Å². The number of nitrogens with zero attached hydrogens (tertiary/aromatic N) is 1. The molecule has 2 aromatic rings. The van der Waals surface area contributed by atoms with Gasteiger partial charge in [0.25, 0.3) is 5.99 Å². The Morgan fingerprint density at radius 1 is 0.842 bits per heavy atom. The monoisotopic (exact) mass is 269 g/mol. The van der Waals surface area contributed by atoms with Gasteiger partial charge >= 0.3 is 0 Å². The molecule has 3 heteroatoms. The summed E-state index contributed by atoms with van der Waals surface area (Å²) in [5, 5.41) is 0. The lowest BCUT2D eigenvalue weighted by molar-refractivity contribution is 0.438. The molecule has 98 valence electrons. The van der Waals surface area contributed by atoms with Crippen molar-refractivity contribution in [3.8, 4) is 0 Å². The van der Waals surface area contributed by atoms with Crippen LogP contribution < -0.4 is 10.9 Å². The van der Waals surface area contributed by atoms with E-state index >= 15 is 0 Å². The Balaban J connectivity index is 2.14. The Kier molecular flexibility index (Phi) is 5.55. The third kappa shape index (κ3) is 4.44. The molecule has 0 aliphatic carbocycles. The normalized spacial score (nSPS) is 10.7. The molecule has 2 aromatic carbocycles. The van der Waals surface area contributed by atoms with Crippen LogP contribution in [0.5, 0.6) is 0 Å². The average Bonchev–Trinajstić information content (AvgIpc) is 2.45. The number of hydrogen-bond acceptors (Lipinski definition) is 2. The van der Waals surface area contributed by atoms with Gasteiger partial charge in [-0.05, 0) is 19.8 Å². The summed E-state index contributed by atoms with van der Waals surface area (Å²) in [5.74, 6) is 1.57. The molecule has 0 aliphatic heterocycles. The van der Waals surface area contributed by atoms with E-state index in [9.17, 15) is 0 Å². The molecule has 0 aliphatic rings. The molecule has 1 nitrogen and oxygen atoms in total. The van der Waals surface area contributed by atoms with Crippen molar-refractivity contribution in [3.05, 3.63) is 60.7 Å². The maximum absolute atomic E-state index is 2.24. The smallest absolute Gasteiger partial charge is 0.274 e. The lowest BCUT2D eigenvalue weighted by atomic mass is 9.62. The van der Waals surface area contributed by atoms with Gasteiger partial charge < -0.3 is 4.90 Å². The summed E-state index contributed by atoms with van der Waals surface area (Å²) in [6.45, 7) is 1.11. The standard InChI is InChI=1S/C16H20BNS/c1-18(2)13-14-19-17(15-9-5-3-6-10-15)16-11-7-4-8-12-16/h3-12H,13-14H2,1-2H3. The Hall–Kier alpha value is -1.19. The molecule has 0 N–H and O–H groups in total. The molecule has 0 bridgehead atoms. The highest BCUT2D eigenvalue weighted by atomic mass is 32.2. The molecule has 0 amide bonds. The van der Waals surface area contributed by atoms with Crippen molar-refractivity contribution in [3.63, 3.8) is 0 Å². The van der Waals surface area contributed by atoms with Crippen molar-refractivity contribution in [2.45, 2.75) is 0 Å². The molecule has 0 saturated carbocycles. The fourth-order valence-corrected chi connectivity index (χ4v) is 3.40. The summed E-state index contributed by atoms with van der Waals surface area (Å²) in [5.41, 5.74) is 2.77. The first-order valence-corrected chi connectivity index (χ1v) is 7.68. The van der Waals surface area contributed by atoms with Crippen LogP contribution >= 0.6 is 11.6 Å². The quantitative estimate of drug-likeness (QED) is 0.739. The summed E-state index contributed by atoms with van der Waals surface area (Å²) < 4.78 is 0. The van der Waals surface area contributed by atoms with Gasteiger partial charge in [0.15, 0.2) is 0 Å². The van der Waals surface area contributed by atoms with Crippen LogP contribution in [0.15, 0.2) is 60.7 Å². The van der Waals surface area contributed by atoms with E-state index in [4.69, 9.17) is 0 Å². The third-order valence-electron chi connectivity index (χ3n) is 3.03. The van der Waals surface area contributed by atoms with E-state index in [1.165, 1.54) is 10.9 Å². The van der Waals surface area contributed by atoms with Crippen LogP contribution in [0.25, 0.3) is 0 Å². The second-order valence-electron chi connectivity index (χ2n) is 4.88. The van der Waals surface area contributed by atoms with E-state index in [0.717, 1.165) is 12.3 Å². The summed E-state index contributed by atoms with van der Waals surface area (Å²) in [4.78, 5) is 2.24. The van der Waals surface area contributed by atoms with Gasteiger partial charge in [-0.2, -0.15) is 11.6 Å². The molecule has 0 radical (unpaired) electrons. The van der Waals surface area contributed by atoms with Crippen LogP contribution in [0.4, 0.5) is 0 Å². The zero-order chi connectivity index (χ0) is 13.5. The minimum absolute atomic E-state index is 0.433. The average molecular weight is 269 g/mol. The van der Waals surface area contributed by atoms with Gasteiger partial charge in [0, 0.05) is 6.54 Å². The molecule has 0 saturated heterocycles. The minimum Gasteiger partial charge on any atom is -0.309 e. The SMILES string of the molecule is CN(C)CCSB(c1ccccc1)c1ccccc1. The molecule has 0 aromatic heterocycles. The summed E-state index contributed by atoms with van der Waals surface area (Å²) >= 11 is 2.01. The van der Waals surface area contributed by atoms with Crippen LogP contribution in [0.2, 0.25) is 0 Å². The largest absolute Gasteiger partial charge is 0.309 e. The van der Waals surface area contributed by atoms with Gasteiger partial charge in [-0.25, -0.2) is 0 Å². The lowest BCUT2D eigenvalue weighted by Gasteiger charge is -2.16. The zero-order valence-electron chi connectivity index (χ0n) is 11.6. The summed E-state index contributed by atoms with van der Waals surface area (Å²) in [6, 6.07) is 21.5. The van der Waals surface area contributed by atoms with E-state index in [1.807, 2.05) is 11.6 Å². The molecule has 0 unspecified atom stereocenters. The zero-order valence-corrected chi connectivity index (χ0v) is 12.4. The van der Waals surface area contributed by atoms with Crippen molar-refractivity contribution in [2.75, 3.05) is 26.4 Å². The van der Waals surface area contributed by atoms with Crippen LogP contribution in [0, 0.1) is 0 Å². The molecular formula is C16H20BNS. The second-order valence-corrected chi connectivity index (χ2v) is 6.09. The summed E-state index contributed by atoms with van der Waals surface area (Å²) in [7, 11) is 4.25. The maximum atomic E-state index is 2.24. The lowest BCUT2D eigenvalue weighted by Crippen LogP contribution is -2.40. The topological polar surface area (TPSA) is 3.24 Å². The van der Waals surface area contributed by atoms with Crippen LogP contribution in [-0.4, -0.2) is 37.3 Å². The molecule has 2 rings (SSSR count). The molecule has 0 spiro atoms. The van der Waals surface area contributed by atoms with E-state index < -0.39 is 0 Å². The van der Waals surface area contributed by atoms with Crippen molar-refractivity contribution >= 4 is 28.5 Å². The highest BCUT2D eigenvalue weighted by Crippen LogP contribution is 2.08. The van der Waals surface area contributed by atoms with Gasteiger partial charge in [0.1, 0.15) is 0 Å². The predicted octanol–water partition coefficient (Wildman–Crippen LogP) is 2.09. The Morgan fingerprint density at radius 3 is 1.74 bits per heavy atom. The predicted molar refractivity (Wildman–Crippen MR) is 88.9 cm³/mol. The molecular weight excluding hydrogens is 249 g/mol. The number of hydrogen-bond donors (Lipinski definition) is 0. The van der Waals surface area contributed by atoms with Gasteiger partial charge in [-0.1, -0.05) is 71.6 Å². The Bertz CT molecular complexity index is 433. The van der Waals surface area contributed by atoms with E-state index in [2.05, 4.69) is 79.7 Å². The highest BCUT2D eigenvalue weighted by Gasteiger charge is 2.19. The first-order chi connectivity index (χ1) is 9.27. The number of benzene rings is 2. The first kappa shape index (κ1) is 14.2. The van der Waals surface area contributed by atoms with Crippen molar-refractivity contribution in [1.82, 2.24) is 4.90 Å². The van der Waals surface area contributed by atoms with E-state index in [-0.39, 0.29) is 0 Å². The van der Waals surface area contributed by atoms with E-state index in [0.29, 0.717) is 5.99 Å². The van der Waals surface area contributed by atoms with Gasteiger partial charge in [0.05, 0.1) is 0 Å². The molecule has 0 atom stereocenters. The molecule has 0 fully saturated rings. The maximum Gasteiger partial charge on any atom is 0.274 e. The van der Waals surface area contributed by atoms with Gasteiger partial charge in [-0.3, -0.25) is 0 Å². The number of rotatable bonds is 6. The van der Waals surface area contributed by atoms with Crippen molar-refractivity contribution in [1.29, 1.82) is 0 Å². The van der Waals surface area contributed by atoms with Crippen molar-refractivity contribution < 1.29 is 0 Å². The van der Waals surface area contributed by atoms with Gasteiger partial charge in [-0.15, -0.1) is 0 Å². The van der Waals surface area contributed by atoms with Crippen LogP contribution in [0.3, 0.4) is 0 Å². The Labute approximate surface area is 121 Å². The molecule has 19 heavy (non-hydrogen) atoms. The van der Waals surface area contributed by atoms with Crippen LogP contribution in [-0.2, 0) is 0 Å². The minimum atomic E-state index is 0.433. The fourth-order valence-electron chi connectivity index (χ4n) is 1.99. The first-order valence-electron chi connectivity index (χ1n) is 6.63.